The highest BCUT2D eigenvalue weighted by Crippen LogP contribution is 2.14. The largest absolute Gasteiger partial charge is 0.481 e. The van der Waals surface area contributed by atoms with Crippen LogP contribution in [0.25, 0.3) is 11.0 Å². The van der Waals surface area contributed by atoms with E-state index in [4.69, 9.17) is 10.8 Å². The van der Waals surface area contributed by atoms with E-state index in [1.807, 2.05) is 18.2 Å². The van der Waals surface area contributed by atoms with Crippen molar-refractivity contribution in [2.24, 2.45) is 0 Å². The number of benzene rings is 1. The summed E-state index contributed by atoms with van der Waals surface area (Å²) in [7, 11) is 0. The zero-order chi connectivity index (χ0) is 12.3. The Hall–Kier alpha value is -2.17. The molecule has 0 atom stereocenters. The number of rotatable bonds is 4. The Morgan fingerprint density at radius 2 is 2.18 bits per heavy atom. The number of fused-ring (bicyclic) bond motifs is 1. The smallest absolute Gasteiger partial charge is 0.303 e. The quantitative estimate of drug-likeness (QED) is 0.834. The first kappa shape index (κ1) is 11.3. The molecule has 3 N–H and O–H groups in total. The lowest BCUT2D eigenvalue weighted by atomic mass is 10.1. The fourth-order valence-electron chi connectivity index (χ4n) is 1.67. The standard InChI is InChI=1S/C12H13N3O2/c13-11-7-14-10-6-8(2-1-3-12(16)17)4-5-9(10)15-11/h4-7H,1-3H2,(H2,13,15)(H,16,17). The summed E-state index contributed by atoms with van der Waals surface area (Å²) in [6.45, 7) is 0. The number of carbonyl (C=O) groups is 1. The maximum atomic E-state index is 10.4. The minimum atomic E-state index is -0.765. The summed E-state index contributed by atoms with van der Waals surface area (Å²) >= 11 is 0. The molecule has 1 aromatic heterocycles. The fraction of sp³-hybridized carbons (Fsp3) is 0.250. The van der Waals surface area contributed by atoms with Gasteiger partial charge in [0.05, 0.1) is 17.2 Å². The molecule has 0 amide bonds. The van der Waals surface area contributed by atoms with Crippen molar-refractivity contribution >= 4 is 22.8 Å². The molecule has 1 aromatic carbocycles. The molecule has 0 aliphatic rings. The molecule has 0 bridgehead atoms. The van der Waals surface area contributed by atoms with E-state index < -0.39 is 5.97 Å². The molecule has 88 valence electrons. The predicted octanol–water partition coefficient (Wildman–Crippen LogP) is 1.62. The molecule has 2 aromatic rings. The first-order chi connectivity index (χ1) is 8.15. The molecule has 0 saturated carbocycles. The van der Waals surface area contributed by atoms with E-state index in [9.17, 15) is 4.79 Å². The van der Waals surface area contributed by atoms with Crippen molar-refractivity contribution in [2.75, 3.05) is 5.73 Å². The summed E-state index contributed by atoms with van der Waals surface area (Å²) < 4.78 is 0. The molecule has 5 heteroatoms. The number of aromatic nitrogens is 2. The predicted molar refractivity (Wildman–Crippen MR) is 64.5 cm³/mol. The van der Waals surface area contributed by atoms with Crippen LogP contribution in [0.1, 0.15) is 18.4 Å². The lowest BCUT2D eigenvalue weighted by molar-refractivity contribution is -0.137. The highest BCUT2D eigenvalue weighted by Gasteiger charge is 2.01. The molecule has 0 spiro atoms. The summed E-state index contributed by atoms with van der Waals surface area (Å²) in [6.07, 6.45) is 3.06. The molecule has 0 saturated heterocycles. The zero-order valence-electron chi connectivity index (χ0n) is 9.26. The molecule has 0 unspecified atom stereocenters. The van der Waals surface area contributed by atoms with Crippen molar-refractivity contribution < 1.29 is 9.90 Å². The summed E-state index contributed by atoms with van der Waals surface area (Å²) in [5.74, 6) is -0.366. The summed E-state index contributed by atoms with van der Waals surface area (Å²) in [6, 6.07) is 5.71. The molecular weight excluding hydrogens is 218 g/mol. The van der Waals surface area contributed by atoms with Gasteiger partial charge in [-0.3, -0.25) is 9.78 Å². The van der Waals surface area contributed by atoms with Crippen molar-refractivity contribution in [1.82, 2.24) is 9.97 Å². The lowest BCUT2D eigenvalue weighted by Crippen LogP contribution is -1.97. The number of carboxylic acid groups (broad SMARTS) is 1. The van der Waals surface area contributed by atoms with Crippen LogP contribution in [0.2, 0.25) is 0 Å². The van der Waals surface area contributed by atoms with Crippen LogP contribution in [0.4, 0.5) is 5.82 Å². The maximum absolute atomic E-state index is 10.4. The van der Waals surface area contributed by atoms with E-state index in [1.165, 1.54) is 6.20 Å². The average molecular weight is 231 g/mol. The Kier molecular flexibility index (Phi) is 3.18. The third-order valence-electron chi connectivity index (χ3n) is 2.48. The minimum Gasteiger partial charge on any atom is -0.481 e. The number of nitrogens with two attached hydrogens (primary N) is 1. The number of aliphatic carboxylic acids is 1. The van der Waals surface area contributed by atoms with E-state index in [-0.39, 0.29) is 6.42 Å². The molecule has 1 heterocycles. The number of anilines is 1. The molecule has 0 aliphatic heterocycles. The van der Waals surface area contributed by atoms with Crippen LogP contribution in [0.15, 0.2) is 24.4 Å². The van der Waals surface area contributed by atoms with Gasteiger partial charge in [-0.25, -0.2) is 4.98 Å². The van der Waals surface area contributed by atoms with Gasteiger partial charge in [0.1, 0.15) is 5.82 Å². The third kappa shape index (κ3) is 2.90. The van der Waals surface area contributed by atoms with Crippen molar-refractivity contribution in [3.05, 3.63) is 30.0 Å². The van der Waals surface area contributed by atoms with E-state index in [0.717, 1.165) is 23.0 Å². The number of hydrogen-bond acceptors (Lipinski definition) is 4. The van der Waals surface area contributed by atoms with Crippen LogP contribution in [0.5, 0.6) is 0 Å². The second-order valence-corrected chi connectivity index (χ2v) is 3.87. The zero-order valence-corrected chi connectivity index (χ0v) is 9.26. The van der Waals surface area contributed by atoms with E-state index in [0.29, 0.717) is 12.2 Å². The Bertz CT molecular complexity index is 554. The van der Waals surface area contributed by atoms with E-state index in [1.54, 1.807) is 0 Å². The monoisotopic (exact) mass is 231 g/mol. The van der Waals surface area contributed by atoms with Crippen molar-refractivity contribution in [3.8, 4) is 0 Å². The van der Waals surface area contributed by atoms with Crippen LogP contribution >= 0.6 is 0 Å². The summed E-state index contributed by atoms with van der Waals surface area (Å²) in [4.78, 5) is 18.7. The van der Waals surface area contributed by atoms with Crippen LogP contribution in [-0.2, 0) is 11.2 Å². The van der Waals surface area contributed by atoms with Crippen molar-refractivity contribution in [2.45, 2.75) is 19.3 Å². The van der Waals surface area contributed by atoms with Gasteiger partial charge < -0.3 is 10.8 Å². The maximum Gasteiger partial charge on any atom is 0.303 e. The topological polar surface area (TPSA) is 89.1 Å². The lowest BCUT2D eigenvalue weighted by Gasteiger charge is -2.02. The van der Waals surface area contributed by atoms with E-state index >= 15 is 0 Å². The number of nitrogen functional groups attached to an aromatic ring is 1. The average Bonchev–Trinajstić information content (AvgIpc) is 2.29. The van der Waals surface area contributed by atoms with Crippen molar-refractivity contribution in [1.29, 1.82) is 0 Å². The van der Waals surface area contributed by atoms with Crippen LogP contribution in [-0.4, -0.2) is 21.0 Å². The molecule has 5 nitrogen and oxygen atoms in total. The molecule has 2 rings (SSSR count). The van der Waals surface area contributed by atoms with Crippen LogP contribution in [0.3, 0.4) is 0 Å². The highest BCUT2D eigenvalue weighted by atomic mass is 16.4. The van der Waals surface area contributed by atoms with Gasteiger partial charge in [-0.2, -0.15) is 0 Å². The molecular formula is C12H13N3O2. The number of carboxylic acids is 1. The summed E-state index contributed by atoms with van der Waals surface area (Å²) in [5, 5.41) is 8.56. The molecule has 0 aliphatic carbocycles. The van der Waals surface area contributed by atoms with E-state index in [2.05, 4.69) is 9.97 Å². The first-order valence-electron chi connectivity index (χ1n) is 5.38. The third-order valence-corrected chi connectivity index (χ3v) is 2.48. The number of hydrogen-bond donors (Lipinski definition) is 2. The Balaban J connectivity index is 2.14. The normalized spacial score (nSPS) is 10.6. The van der Waals surface area contributed by atoms with Gasteiger partial charge >= 0.3 is 5.97 Å². The second kappa shape index (κ2) is 4.78. The van der Waals surface area contributed by atoms with Gasteiger partial charge in [-0.1, -0.05) is 6.07 Å². The Labute approximate surface area is 98.3 Å². The van der Waals surface area contributed by atoms with Gasteiger partial charge in [-0.05, 0) is 30.5 Å². The van der Waals surface area contributed by atoms with Gasteiger partial charge in [0.15, 0.2) is 0 Å². The summed E-state index contributed by atoms with van der Waals surface area (Å²) in [5.41, 5.74) is 8.14. The van der Waals surface area contributed by atoms with Gasteiger partial charge in [0.25, 0.3) is 0 Å². The Morgan fingerprint density at radius 3 is 2.94 bits per heavy atom. The molecule has 0 radical (unpaired) electrons. The van der Waals surface area contributed by atoms with Gasteiger partial charge in [0.2, 0.25) is 0 Å². The van der Waals surface area contributed by atoms with Crippen molar-refractivity contribution in [3.63, 3.8) is 0 Å². The van der Waals surface area contributed by atoms with Gasteiger partial charge in [0, 0.05) is 6.42 Å². The fourth-order valence-corrected chi connectivity index (χ4v) is 1.67. The second-order valence-electron chi connectivity index (χ2n) is 3.87. The Morgan fingerprint density at radius 1 is 1.35 bits per heavy atom. The van der Waals surface area contributed by atoms with Crippen LogP contribution < -0.4 is 5.73 Å². The van der Waals surface area contributed by atoms with Gasteiger partial charge in [-0.15, -0.1) is 0 Å². The number of nitrogens with zero attached hydrogens (tertiary/aromatic N) is 2. The van der Waals surface area contributed by atoms with Crippen LogP contribution in [0, 0.1) is 0 Å². The highest BCUT2D eigenvalue weighted by molar-refractivity contribution is 5.76. The minimum absolute atomic E-state index is 0.186. The molecule has 0 fully saturated rings. The number of aryl methyl sites for hydroxylation is 1. The molecule has 17 heavy (non-hydrogen) atoms. The first-order valence-corrected chi connectivity index (χ1v) is 5.38. The SMILES string of the molecule is Nc1cnc2cc(CCCC(=O)O)ccc2n1.